The van der Waals surface area contributed by atoms with E-state index in [4.69, 9.17) is 0 Å². The Kier molecular flexibility index (Phi) is 6.43. The molecule has 1 fully saturated rings. The third kappa shape index (κ3) is 4.98. The van der Waals surface area contributed by atoms with Gasteiger partial charge in [-0.25, -0.2) is 13.2 Å². The monoisotopic (exact) mass is 425 g/mol. The van der Waals surface area contributed by atoms with E-state index in [1.165, 1.54) is 6.92 Å². The van der Waals surface area contributed by atoms with Gasteiger partial charge in [-0.3, -0.25) is 14.4 Å². The summed E-state index contributed by atoms with van der Waals surface area (Å²) in [6.07, 6.45) is -4.66. The number of halogens is 6. The molecule has 0 aromatic heterocycles. The van der Waals surface area contributed by atoms with Crippen LogP contribution in [-0.2, 0) is 14.4 Å². The molecule has 3 atom stereocenters. The van der Waals surface area contributed by atoms with E-state index in [-0.39, 0.29) is 18.7 Å². The van der Waals surface area contributed by atoms with Gasteiger partial charge < -0.3 is 15.5 Å². The number of carbonyl (C=O) groups excluding carboxylic acids is 3. The van der Waals surface area contributed by atoms with Crippen LogP contribution < -0.4 is 10.6 Å². The average Bonchev–Trinajstić information content (AvgIpc) is 2.99. The van der Waals surface area contributed by atoms with Crippen LogP contribution in [0.5, 0.6) is 0 Å². The minimum absolute atomic E-state index is 0.0625. The van der Waals surface area contributed by atoms with Crippen molar-refractivity contribution in [3.05, 3.63) is 29.6 Å². The molecule has 29 heavy (non-hydrogen) atoms. The van der Waals surface area contributed by atoms with Crippen molar-refractivity contribution in [3.8, 4) is 0 Å². The van der Waals surface area contributed by atoms with Crippen molar-refractivity contribution in [2.24, 2.45) is 5.92 Å². The molecule has 0 spiro atoms. The molecule has 1 aliphatic rings. The summed E-state index contributed by atoms with van der Waals surface area (Å²) in [5.41, 5.74) is -0.347. The molecule has 1 unspecified atom stereocenters. The van der Waals surface area contributed by atoms with E-state index < -0.39 is 59.4 Å². The first kappa shape index (κ1) is 22.5. The van der Waals surface area contributed by atoms with Crippen molar-refractivity contribution in [2.45, 2.75) is 38.5 Å². The Morgan fingerprint density at radius 1 is 1.14 bits per heavy atom. The molecule has 1 aliphatic heterocycles. The minimum atomic E-state index is -4.73. The first-order valence-corrected chi connectivity index (χ1v) is 8.46. The molecule has 2 rings (SSSR count). The van der Waals surface area contributed by atoms with E-state index >= 15 is 0 Å². The van der Waals surface area contributed by atoms with Crippen LogP contribution in [0.25, 0.3) is 0 Å². The van der Waals surface area contributed by atoms with Crippen LogP contribution in [0.1, 0.15) is 20.3 Å². The molecular weight excluding hydrogens is 408 g/mol. The third-order valence-corrected chi connectivity index (χ3v) is 4.64. The second kappa shape index (κ2) is 8.29. The van der Waals surface area contributed by atoms with Crippen LogP contribution in [0.15, 0.2) is 12.1 Å². The quantitative estimate of drug-likeness (QED) is 0.444. The number of benzene rings is 1. The summed E-state index contributed by atoms with van der Waals surface area (Å²) in [5.74, 6) is -9.06. The van der Waals surface area contributed by atoms with E-state index in [9.17, 15) is 40.7 Å². The highest BCUT2D eigenvalue weighted by atomic mass is 19.4. The van der Waals surface area contributed by atoms with Gasteiger partial charge in [-0.15, -0.1) is 0 Å². The summed E-state index contributed by atoms with van der Waals surface area (Å²) in [6, 6.07) is -1.96. The van der Waals surface area contributed by atoms with Crippen molar-refractivity contribution in [1.82, 2.24) is 10.2 Å². The Morgan fingerprint density at radius 2 is 1.69 bits per heavy atom. The maximum Gasteiger partial charge on any atom is 0.408 e. The number of nitrogens with one attached hydrogen (secondary N) is 2. The average molecular weight is 425 g/mol. The van der Waals surface area contributed by atoms with E-state index in [0.717, 1.165) is 4.90 Å². The van der Waals surface area contributed by atoms with Crippen LogP contribution in [0, 0.1) is 23.4 Å². The maximum absolute atomic E-state index is 13.2. The molecule has 0 aliphatic carbocycles. The number of nitrogens with zero attached hydrogens (tertiary/aromatic N) is 1. The predicted molar refractivity (Wildman–Crippen MR) is 87.9 cm³/mol. The largest absolute Gasteiger partial charge is 0.408 e. The molecule has 3 amide bonds. The van der Waals surface area contributed by atoms with Crippen LogP contribution in [-0.4, -0.2) is 47.4 Å². The number of carbonyl (C=O) groups is 3. The molecule has 0 saturated carbocycles. The van der Waals surface area contributed by atoms with Gasteiger partial charge in [-0.1, -0.05) is 0 Å². The zero-order chi connectivity index (χ0) is 22.1. The number of hydrogen-bond donors (Lipinski definition) is 2. The summed E-state index contributed by atoms with van der Waals surface area (Å²) < 4.78 is 77.0. The molecule has 6 nitrogen and oxygen atoms in total. The molecule has 0 bridgehead atoms. The Hall–Kier alpha value is -2.79. The Morgan fingerprint density at radius 3 is 2.21 bits per heavy atom. The van der Waals surface area contributed by atoms with E-state index in [1.54, 1.807) is 5.32 Å². The van der Waals surface area contributed by atoms with Crippen molar-refractivity contribution >= 4 is 23.4 Å². The molecule has 1 saturated heterocycles. The summed E-state index contributed by atoms with van der Waals surface area (Å²) >= 11 is 0. The lowest BCUT2D eigenvalue weighted by Crippen LogP contribution is -2.51. The first-order chi connectivity index (χ1) is 13.3. The van der Waals surface area contributed by atoms with Gasteiger partial charge in [-0.2, -0.15) is 13.2 Å². The first-order valence-electron chi connectivity index (χ1n) is 8.46. The molecule has 1 aromatic rings. The van der Waals surface area contributed by atoms with E-state index in [2.05, 4.69) is 5.32 Å². The van der Waals surface area contributed by atoms with Gasteiger partial charge in [-0.05, 0) is 20.3 Å². The fourth-order valence-electron chi connectivity index (χ4n) is 2.91. The van der Waals surface area contributed by atoms with Gasteiger partial charge in [0, 0.05) is 30.4 Å². The van der Waals surface area contributed by atoms with Crippen LogP contribution >= 0.6 is 0 Å². The number of anilines is 1. The van der Waals surface area contributed by atoms with Crippen molar-refractivity contribution < 1.29 is 40.7 Å². The molecule has 160 valence electrons. The summed E-state index contributed by atoms with van der Waals surface area (Å²) in [5, 5.41) is 3.74. The van der Waals surface area contributed by atoms with Gasteiger partial charge in [0.1, 0.15) is 6.04 Å². The molecular formula is C17H17F6N3O3. The fourth-order valence-corrected chi connectivity index (χ4v) is 2.91. The fraction of sp³-hybridized carbons (Fsp3) is 0.471. The van der Waals surface area contributed by atoms with Crippen LogP contribution in [0.4, 0.5) is 32.0 Å². The smallest absolute Gasteiger partial charge is 0.336 e. The number of hydrogen-bond acceptors (Lipinski definition) is 3. The van der Waals surface area contributed by atoms with Crippen LogP contribution in [0.3, 0.4) is 0 Å². The molecule has 1 heterocycles. The maximum atomic E-state index is 13.2. The Bertz CT molecular complexity index is 806. The minimum Gasteiger partial charge on any atom is -0.336 e. The molecule has 1 aromatic carbocycles. The molecule has 2 N–H and O–H groups in total. The number of rotatable bonds is 3. The zero-order valence-corrected chi connectivity index (χ0v) is 15.2. The lowest BCUT2D eigenvalue weighted by Gasteiger charge is -2.25. The van der Waals surface area contributed by atoms with E-state index in [1.807, 2.05) is 0 Å². The van der Waals surface area contributed by atoms with Crippen molar-refractivity contribution in [1.29, 1.82) is 0 Å². The Balaban J connectivity index is 2.03. The lowest BCUT2D eigenvalue weighted by molar-refractivity contribution is -0.162. The summed E-state index contributed by atoms with van der Waals surface area (Å²) in [6.45, 7) is 2.00. The highest BCUT2D eigenvalue weighted by Crippen LogP contribution is 2.27. The normalized spacial score (nSPS) is 20.3. The van der Waals surface area contributed by atoms with E-state index in [0.29, 0.717) is 19.1 Å². The van der Waals surface area contributed by atoms with Gasteiger partial charge in [0.25, 0.3) is 0 Å². The SMILES string of the molecule is C[C@H]1C(C(=O)Nc2cc(F)c(F)c(F)c2)CCN1C(=O)C(=O)N[C@H](C)C(F)(F)F. The Labute approximate surface area is 161 Å². The standard InChI is InChI=1S/C17H17F6N3O3/c1-7-10(14(27)25-9-5-11(18)13(20)12(19)6-9)3-4-26(7)16(29)15(28)24-8(2)17(21,22)23/h5-8,10H,3-4H2,1-2H3,(H,24,28)(H,25,27)/t7-,8+,10?/m0/s1. The van der Waals surface area contributed by atoms with Gasteiger partial charge in [0.05, 0.1) is 5.92 Å². The van der Waals surface area contributed by atoms with Crippen molar-refractivity contribution in [3.63, 3.8) is 0 Å². The molecule has 0 radical (unpaired) electrons. The van der Waals surface area contributed by atoms with Gasteiger partial charge in [0.2, 0.25) is 5.91 Å². The summed E-state index contributed by atoms with van der Waals surface area (Å²) in [7, 11) is 0. The highest BCUT2D eigenvalue weighted by molar-refractivity contribution is 6.35. The second-order valence-electron chi connectivity index (χ2n) is 6.61. The highest BCUT2D eigenvalue weighted by Gasteiger charge is 2.42. The number of alkyl halides is 3. The zero-order valence-electron chi connectivity index (χ0n) is 15.2. The number of likely N-dealkylation sites (tertiary alicyclic amines) is 1. The second-order valence-corrected chi connectivity index (χ2v) is 6.61. The summed E-state index contributed by atoms with van der Waals surface area (Å²) in [4.78, 5) is 37.2. The predicted octanol–water partition coefficient (Wildman–Crippen LogP) is 2.35. The molecule has 12 heteroatoms. The van der Waals surface area contributed by atoms with Gasteiger partial charge in [0.15, 0.2) is 17.5 Å². The third-order valence-electron chi connectivity index (χ3n) is 4.64. The number of amides is 3. The van der Waals surface area contributed by atoms with Crippen molar-refractivity contribution in [2.75, 3.05) is 11.9 Å². The van der Waals surface area contributed by atoms with Gasteiger partial charge >= 0.3 is 18.0 Å². The topological polar surface area (TPSA) is 78.5 Å². The van der Waals surface area contributed by atoms with Crippen LogP contribution in [0.2, 0.25) is 0 Å². The lowest BCUT2D eigenvalue weighted by atomic mass is 10.0.